The number of rotatable bonds is 8. The van der Waals surface area contributed by atoms with Crippen molar-refractivity contribution in [2.45, 2.75) is 32.4 Å². The van der Waals surface area contributed by atoms with E-state index in [2.05, 4.69) is 31.1 Å². The van der Waals surface area contributed by atoms with Crippen molar-refractivity contribution in [1.82, 2.24) is 10.2 Å². The number of methoxy groups -OCH3 is 1. The van der Waals surface area contributed by atoms with Crippen LogP contribution in [0.4, 0.5) is 0 Å². The van der Waals surface area contributed by atoms with E-state index in [4.69, 9.17) is 9.47 Å². The molecule has 0 radical (unpaired) electrons. The second-order valence-electron chi connectivity index (χ2n) is 5.10. The van der Waals surface area contributed by atoms with Gasteiger partial charge in [-0.05, 0) is 26.9 Å². The molecule has 0 amide bonds. The van der Waals surface area contributed by atoms with Gasteiger partial charge < -0.3 is 19.7 Å². The molecule has 3 unspecified atom stereocenters. The Labute approximate surface area is 106 Å². The van der Waals surface area contributed by atoms with Crippen molar-refractivity contribution in [2.24, 2.45) is 5.92 Å². The van der Waals surface area contributed by atoms with E-state index in [1.165, 1.54) is 6.42 Å². The normalized spacial score (nSPS) is 26.6. The predicted octanol–water partition coefficient (Wildman–Crippen LogP) is 0.968. The van der Waals surface area contributed by atoms with Gasteiger partial charge in [0.2, 0.25) is 0 Å². The largest absolute Gasteiger partial charge is 0.383 e. The fourth-order valence-corrected chi connectivity index (χ4v) is 2.25. The molecule has 4 nitrogen and oxygen atoms in total. The lowest BCUT2D eigenvalue weighted by Gasteiger charge is -2.29. The van der Waals surface area contributed by atoms with E-state index in [1.54, 1.807) is 7.11 Å². The van der Waals surface area contributed by atoms with E-state index in [0.29, 0.717) is 18.0 Å². The molecule has 17 heavy (non-hydrogen) atoms. The number of likely N-dealkylation sites (N-methyl/N-ethyl adjacent to an activating group) is 1. The molecule has 1 aliphatic rings. The average molecular weight is 244 g/mol. The molecule has 1 saturated heterocycles. The van der Waals surface area contributed by atoms with Gasteiger partial charge in [-0.2, -0.15) is 0 Å². The maximum atomic E-state index is 5.59. The van der Waals surface area contributed by atoms with Crippen LogP contribution in [0.3, 0.4) is 0 Å². The standard InChI is InChI=1S/C13H28N2O2/c1-5-6-14-13-10-17-9-12(13)7-15(3)11(2)8-16-4/h11-14H,5-10H2,1-4H3. The summed E-state index contributed by atoms with van der Waals surface area (Å²) in [4.78, 5) is 2.36. The zero-order valence-corrected chi connectivity index (χ0v) is 11.7. The van der Waals surface area contributed by atoms with Gasteiger partial charge in [-0.3, -0.25) is 0 Å². The van der Waals surface area contributed by atoms with Crippen LogP contribution in [0.5, 0.6) is 0 Å². The highest BCUT2D eigenvalue weighted by Crippen LogP contribution is 2.16. The molecule has 0 aromatic heterocycles. The van der Waals surface area contributed by atoms with Gasteiger partial charge in [0.15, 0.2) is 0 Å². The topological polar surface area (TPSA) is 33.7 Å². The van der Waals surface area contributed by atoms with E-state index in [1.807, 2.05) is 0 Å². The number of hydrogen-bond donors (Lipinski definition) is 1. The first kappa shape index (κ1) is 14.9. The molecule has 1 heterocycles. The average Bonchev–Trinajstić information content (AvgIpc) is 2.74. The summed E-state index contributed by atoms with van der Waals surface area (Å²) in [6, 6.07) is 0.986. The van der Waals surface area contributed by atoms with Crippen molar-refractivity contribution in [3.05, 3.63) is 0 Å². The Morgan fingerprint density at radius 1 is 1.47 bits per heavy atom. The predicted molar refractivity (Wildman–Crippen MR) is 70.4 cm³/mol. The third-order valence-corrected chi connectivity index (χ3v) is 3.54. The maximum absolute atomic E-state index is 5.59. The zero-order chi connectivity index (χ0) is 12.7. The summed E-state index contributed by atoms with van der Waals surface area (Å²) in [6.45, 7) is 9.09. The summed E-state index contributed by atoms with van der Waals surface area (Å²) in [5, 5.41) is 3.57. The van der Waals surface area contributed by atoms with Crippen LogP contribution < -0.4 is 5.32 Å². The third kappa shape index (κ3) is 4.92. The van der Waals surface area contributed by atoms with Gasteiger partial charge in [0.25, 0.3) is 0 Å². The molecule has 1 fully saturated rings. The Morgan fingerprint density at radius 2 is 2.24 bits per heavy atom. The fraction of sp³-hybridized carbons (Fsp3) is 1.00. The minimum atomic E-state index is 0.465. The first-order valence-electron chi connectivity index (χ1n) is 6.69. The lowest BCUT2D eigenvalue weighted by molar-refractivity contribution is 0.0998. The van der Waals surface area contributed by atoms with E-state index < -0.39 is 0 Å². The van der Waals surface area contributed by atoms with Crippen molar-refractivity contribution < 1.29 is 9.47 Å². The second-order valence-corrected chi connectivity index (χ2v) is 5.10. The highest BCUT2D eigenvalue weighted by Gasteiger charge is 2.29. The Bertz CT molecular complexity index is 202. The van der Waals surface area contributed by atoms with Gasteiger partial charge in [0.1, 0.15) is 0 Å². The van der Waals surface area contributed by atoms with Crippen molar-refractivity contribution >= 4 is 0 Å². The van der Waals surface area contributed by atoms with Gasteiger partial charge in [-0.25, -0.2) is 0 Å². The van der Waals surface area contributed by atoms with Crippen LogP contribution >= 0.6 is 0 Å². The molecule has 1 aliphatic heterocycles. The summed E-state index contributed by atoms with van der Waals surface area (Å²) in [6.07, 6.45) is 1.18. The van der Waals surface area contributed by atoms with Crippen molar-refractivity contribution in [1.29, 1.82) is 0 Å². The van der Waals surface area contributed by atoms with E-state index >= 15 is 0 Å². The number of ether oxygens (including phenoxy) is 2. The van der Waals surface area contributed by atoms with Gasteiger partial charge in [-0.15, -0.1) is 0 Å². The molecule has 0 spiro atoms. The van der Waals surface area contributed by atoms with E-state index in [-0.39, 0.29) is 0 Å². The molecule has 4 heteroatoms. The molecule has 1 rings (SSSR count). The minimum Gasteiger partial charge on any atom is -0.383 e. The molecule has 0 aliphatic carbocycles. The SMILES string of the molecule is CCCNC1COCC1CN(C)C(C)COC. The molecule has 0 aromatic carbocycles. The zero-order valence-electron chi connectivity index (χ0n) is 11.7. The van der Waals surface area contributed by atoms with Crippen LogP contribution in [0.25, 0.3) is 0 Å². The van der Waals surface area contributed by atoms with Gasteiger partial charge in [0.05, 0.1) is 19.8 Å². The van der Waals surface area contributed by atoms with Crippen LogP contribution in [-0.4, -0.2) is 64.1 Å². The highest BCUT2D eigenvalue weighted by atomic mass is 16.5. The summed E-state index contributed by atoms with van der Waals surface area (Å²) in [5.74, 6) is 0.603. The highest BCUT2D eigenvalue weighted by molar-refractivity contribution is 4.84. The number of nitrogens with one attached hydrogen (secondary N) is 1. The Balaban J connectivity index is 2.33. The van der Waals surface area contributed by atoms with Gasteiger partial charge in [-0.1, -0.05) is 6.92 Å². The Hall–Kier alpha value is -0.160. The Morgan fingerprint density at radius 3 is 2.88 bits per heavy atom. The van der Waals surface area contributed by atoms with Crippen LogP contribution in [0.2, 0.25) is 0 Å². The summed E-state index contributed by atoms with van der Waals surface area (Å²) >= 11 is 0. The van der Waals surface area contributed by atoms with Crippen molar-refractivity contribution in [3.8, 4) is 0 Å². The van der Waals surface area contributed by atoms with Crippen LogP contribution in [0, 0.1) is 5.92 Å². The summed E-state index contributed by atoms with van der Waals surface area (Å²) in [7, 11) is 3.92. The molecule has 1 N–H and O–H groups in total. The summed E-state index contributed by atoms with van der Waals surface area (Å²) < 4.78 is 10.8. The molecular weight excluding hydrogens is 216 g/mol. The maximum Gasteiger partial charge on any atom is 0.0623 e. The van der Waals surface area contributed by atoms with Crippen LogP contribution in [0.15, 0.2) is 0 Å². The first-order valence-corrected chi connectivity index (χ1v) is 6.69. The second kappa shape index (κ2) is 8.03. The van der Waals surface area contributed by atoms with Gasteiger partial charge in [0, 0.05) is 31.7 Å². The van der Waals surface area contributed by atoms with E-state index in [0.717, 1.165) is 32.9 Å². The molecular formula is C13H28N2O2. The monoisotopic (exact) mass is 244 g/mol. The van der Waals surface area contributed by atoms with Gasteiger partial charge >= 0.3 is 0 Å². The number of hydrogen-bond acceptors (Lipinski definition) is 4. The van der Waals surface area contributed by atoms with Crippen molar-refractivity contribution in [2.75, 3.05) is 47.1 Å². The third-order valence-electron chi connectivity index (χ3n) is 3.54. The smallest absolute Gasteiger partial charge is 0.0623 e. The lowest BCUT2D eigenvalue weighted by atomic mass is 10.0. The molecule has 0 saturated carbocycles. The quantitative estimate of drug-likeness (QED) is 0.690. The molecule has 0 aromatic rings. The molecule has 0 bridgehead atoms. The lowest BCUT2D eigenvalue weighted by Crippen LogP contribution is -2.44. The Kier molecular flexibility index (Phi) is 7.04. The van der Waals surface area contributed by atoms with Crippen molar-refractivity contribution in [3.63, 3.8) is 0 Å². The van der Waals surface area contributed by atoms with Crippen LogP contribution in [0.1, 0.15) is 20.3 Å². The minimum absolute atomic E-state index is 0.465. The first-order chi connectivity index (χ1) is 8.19. The summed E-state index contributed by atoms with van der Waals surface area (Å²) in [5.41, 5.74) is 0. The van der Waals surface area contributed by atoms with E-state index in [9.17, 15) is 0 Å². The molecule has 102 valence electrons. The fourth-order valence-electron chi connectivity index (χ4n) is 2.25. The van der Waals surface area contributed by atoms with Crippen LogP contribution in [-0.2, 0) is 9.47 Å². The molecule has 3 atom stereocenters. The number of nitrogens with zero attached hydrogens (tertiary/aromatic N) is 1.